The van der Waals surface area contributed by atoms with Gasteiger partial charge in [-0.3, -0.25) is 9.59 Å². The maximum atomic E-state index is 12.3. The second-order valence-corrected chi connectivity index (χ2v) is 9.38. The molecule has 0 spiro atoms. The van der Waals surface area contributed by atoms with Crippen molar-refractivity contribution in [1.29, 1.82) is 0 Å². The lowest BCUT2D eigenvalue weighted by Gasteiger charge is -2.11. The van der Waals surface area contributed by atoms with Crippen molar-refractivity contribution in [3.63, 3.8) is 0 Å². The number of esters is 1. The summed E-state index contributed by atoms with van der Waals surface area (Å²) in [6, 6.07) is 20.5. The standard InChI is InChI=1S/C22H16Cl3NO3S2/c23-15-10-11-18(22(25)21(15)24)30-13-20(28)29-12-19(27)26-16-8-4-5-9-17(16)31-14-6-2-1-3-7-14/h1-11H,12-13H2,(H,26,27). The molecule has 0 aliphatic rings. The molecule has 0 fully saturated rings. The van der Waals surface area contributed by atoms with Crippen molar-refractivity contribution in [2.24, 2.45) is 0 Å². The van der Waals surface area contributed by atoms with E-state index in [1.807, 2.05) is 48.5 Å². The Balaban J connectivity index is 1.50. The molecule has 3 aromatic carbocycles. The van der Waals surface area contributed by atoms with Crippen molar-refractivity contribution < 1.29 is 14.3 Å². The summed E-state index contributed by atoms with van der Waals surface area (Å²) in [5.41, 5.74) is 0.648. The molecule has 0 aromatic heterocycles. The third-order valence-corrected chi connectivity index (χ3v) is 7.36. The largest absolute Gasteiger partial charge is 0.455 e. The number of carbonyl (C=O) groups excluding carboxylic acids is 2. The third-order valence-electron chi connectivity index (χ3n) is 3.84. The van der Waals surface area contributed by atoms with E-state index in [-0.39, 0.29) is 15.8 Å². The van der Waals surface area contributed by atoms with E-state index < -0.39 is 18.5 Å². The van der Waals surface area contributed by atoms with Gasteiger partial charge in [-0.1, -0.05) is 76.9 Å². The minimum absolute atomic E-state index is 0.0224. The Labute approximate surface area is 203 Å². The van der Waals surface area contributed by atoms with Crippen molar-refractivity contribution in [1.82, 2.24) is 0 Å². The number of halogens is 3. The lowest BCUT2D eigenvalue weighted by Crippen LogP contribution is -2.21. The molecule has 31 heavy (non-hydrogen) atoms. The molecule has 1 N–H and O–H groups in total. The van der Waals surface area contributed by atoms with E-state index in [0.29, 0.717) is 15.6 Å². The lowest BCUT2D eigenvalue weighted by molar-refractivity contribution is -0.144. The highest BCUT2D eigenvalue weighted by atomic mass is 35.5. The lowest BCUT2D eigenvalue weighted by atomic mass is 10.3. The van der Waals surface area contributed by atoms with Crippen LogP contribution in [0.4, 0.5) is 5.69 Å². The Kier molecular flexibility index (Phi) is 8.99. The molecule has 0 heterocycles. The van der Waals surface area contributed by atoms with Crippen molar-refractivity contribution in [2.45, 2.75) is 14.7 Å². The first-order chi connectivity index (χ1) is 14.9. The van der Waals surface area contributed by atoms with Gasteiger partial charge in [0.2, 0.25) is 0 Å². The summed E-state index contributed by atoms with van der Waals surface area (Å²) >= 11 is 20.7. The summed E-state index contributed by atoms with van der Waals surface area (Å²) in [6.45, 7) is -0.390. The molecule has 3 rings (SSSR count). The van der Waals surface area contributed by atoms with E-state index in [9.17, 15) is 9.59 Å². The summed E-state index contributed by atoms with van der Waals surface area (Å²) in [5, 5.41) is 3.62. The van der Waals surface area contributed by atoms with Crippen LogP contribution >= 0.6 is 58.3 Å². The zero-order valence-electron chi connectivity index (χ0n) is 15.9. The molecule has 0 atom stereocenters. The molecule has 0 saturated heterocycles. The molecule has 9 heteroatoms. The second kappa shape index (κ2) is 11.7. The fraction of sp³-hybridized carbons (Fsp3) is 0.0909. The molecule has 4 nitrogen and oxygen atoms in total. The average molecular weight is 513 g/mol. The minimum atomic E-state index is -0.547. The Morgan fingerprint density at radius 1 is 0.839 bits per heavy atom. The highest BCUT2D eigenvalue weighted by Crippen LogP contribution is 2.37. The van der Waals surface area contributed by atoms with Crippen molar-refractivity contribution in [3.8, 4) is 0 Å². The van der Waals surface area contributed by atoms with Crippen molar-refractivity contribution in [3.05, 3.63) is 81.8 Å². The maximum absolute atomic E-state index is 12.3. The maximum Gasteiger partial charge on any atom is 0.316 e. The average Bonchev–Trinajstić information content (AvgIpc) is 2.77. The first-order valence-electron chi connectivity index (χ1n) is 8.97. The van der Waals surface area contributed by atoms with Crippen LogP contribution in [-0.4, -0.2) is 24.2 Å². The van der Waals surface area contributed by atoms with E-state index in [2.05, 4.69) is 5.32 Å². The van der Waals surface area contributed by atoms with Crippen LogP contribution in [0.15, 0.2) is 81.4 Å². The molecule has 0 bridgehead atoms. The fourth-order valence-corrected chi connectivity index (χ4v) is 4.83. The molecule has 3 aromatic rings. The van der Waals surface area contributed by atoms with Gasteiger partial charge in [0.1, 0.15) is 0 Å². The van der Waals surface area contributed by atoms with Crippen LogP contribution in [-0.2, 0) is 14.3 Å². The van der Waals surface area contributed by atoms with Crippen LogP contribution in [0.2, 0.25) is 15.1 Å². The number of nitrogens with one attached hydrogen (secondary N) is 1. The van der Waals surface area contributed by atoms with E-state index in [1.165, 1.54) is 11.8 Å². The van der Waals surface area contributed by atoms with Gasteiger partial charge in [-0.15, -0.1) is 11.8 Å². The topological polar surface area (TPSA) is 55.4 Å². The fourth-order valence-electron chi connectivity index (χ4n) is 2.40. The van der Waals surface area contributed by atoms with Crippen LogP contribution in [0.5, 0.6) is 0 Å². The van der Waals surface area contributed by atoms with E-state index >= 15 is 0 Å². The Morgan fingerprint density at radius 2 is 1.55 bits per heavy atom. The molecule has 0 unspecified atom stereocenters. The summed E-state index contributed by atoms with van der Waals surface area (Å²) in [5.74, 6) is -0.993. The van der Waals surface area contributed by atoms with E-state index in [0.717, 1.165) is 21.6 Å². The molecule has 1 amide bonds. The van der Waals surface area contributed by atoms with E-state index in [1.54, 1.807) is 18.2 Å². The summed E-state index contributed by atoms with van der Waals surface area (Å²) in [7, 11) is 0. The zero-order valence-corrected chi connectivity index (χ0v) is 19.8. The highest BCUT2D eigenvalue weighted by Gasteiger charge is 2.14. The van der Waals surface area contributed by atoms with Crippen molar-refractivity contribution in [2.75, 3.05) is 17.7 Å². The smallest absolute Gasteiger partial charge is 0.316 e. The molecular formula is C22H16Cl3NO3S2. The summed E-state index contributed by atoms with van der Waals surface area (Å²) in [4.78, 5) is 26.8. The molecular weight excluding hydrogens is 497 g/mol. The normalized spacial score (nSPS) is 10.5. The molecule has 0 saturated carbocycles. The van der Waals surface area contributed by atoms with Gasteiger partial charge in [0.05, 0.1) is 26.5 Å². The number of hydrogen-bond donors (Lipinski definition) is 1. The number of para-hydroxylation sites is 1. The molecule has 160 valence electrons. The predicted octanol–water partition coefficient (Wildman–Crippen LogP) is 7.07. The quantitative estimate of drug-likeness (QED) is 0.199. The van der Waals surface area contributed by atoms with Gasteiger partial charge in [-0.25, -0.2) is 0 Å². The number of hydrogen-bond acceptors (Lipinski definition) is 5. The van der Waals surface area contributed by atoms with Crippen LogP contribution in [0.3, 0.4) is 0 Å². The van der Waals surface area contributed by atoms with E-state index in [4.69, 9.17) is 39.5 Å². The number of rotatable bonds is 8. The number of amides is 1. The van der Waals surface area contributed by atoms with Crippen LogP contribution in [0, 0.1) is 0 Å². The van der Waals surface area contributed by atoms with Gasteiger partial charge < -0.3 is 10.1 Å². The molecule has 0 aliphatic carbocycles. The van der Waals surface area contributed by atoms with Crippen molar-refractivity contribution >= 4 is 75.9 Å². The monoisotopic (exact) mass is 511 g/mol. The predicted molar refractivity (Wildman–Crippen MR) is 129 cm³/mol. The Morgan fingerprint density at radius 3 is 2.32 bits per heavy atom. The van der Waals surface area contributed by atoms with Crippen LogP contribution < -0.4 is 5.32 Å². The number of thioether (sulfide) groups is 1. The Hall–Kier alpha value is -1.83. The number of benzene rings is 3. The highest BCUT2D eigenvalue weighted by molar-refractivity contribution is 8.00. The first kappa shape index (κ1) is 23.8. The number of ether oxygens (including phenoxy) is 1. The zero-order chi connectivity index (χ0) is 22.2. The number of anilines is 1. The second-order valence-electron chi connectivity index (χ2n) is 6.08. The molecule has 0 aliphatic heterocycles. The van der Waals surface area contributed by atoms with Gasteiger partial charge in [-0.05, 0) is 36.4 Å². The van der Waals surface area contributed by atoms with Gasteiger partial charge in [-0.2, -0.15) is 0 Å². The van der Waals surface area contributed by atoms with Gasteiger partial charge in [0, 0.05) is 14.7 Å². The minimum Gasteiger partial charge on any atom is -0.455 e. The van der Waals surface area contributed by atoms with Gasteiger partial charge in [0.15, 0.2) is 6.61 Å². The summed E-state index contributed by atoms with van der Waals surface area (Å²) < 4.78 is 5.07. The molecule has 0 radical (unpaired) electrons. The third kappa shape index (κ3) is 7.09. The van der Waals surface area contributed by atoms with Gasteiger partial charge >= 0.3 is 5.97 Å². The summed E-state index contributed by atoms with van der Waals surface area (Å²) in [6.07, 6.45) is 0. The van der Waals surface area contributed by atoms with Gasteiger partial charge in [0.25, 0.3) is 5.91 Å². The van der Waals surface area contributed by atoms with Crippen LogP contribution in [0.1, 0.15) is 0 Å². The van der Waals surface area contributed by atoms with Crippen LogP contribution in [0.25, 0.3) is 0 Å². The Bertz CT molecular complexity index is 1080. The SMILES string of the molecule is O=C(COC(=O)CSc1ccc(Cl)c(Cl)c1Cl)Nc1ccccc1Sc1ccccc1. The number of carbonyl (C=O) groups is 2. The first-order valence-corrected chi connectivity index (χ1v) is 11.9.